The molecule has 22 heavy (non-hydrogen) atoms. The zero-order valence-electron chi connectivity index (χ0n) is 13.6. The Balaban J connectivity index is 1.95. The lowest BCUT2D eigenvalue weighted by Crippen LogP contribution is -2.41. The average molecular weight is 304 g/mol. The van der Waals surface area contributed by atoms with Gasteiger partial charge in [-0.1, -0.05) is 18.2 Å². The lowest BCUT2D eigenvalue weighted by Gasteiger charge is -2.32. The molecule has 1 unspecified atom stereocenters. The van der Waals surface area contributed by atoms with Crippen LogP contribution in [0.15, 0.2) is 18.2 Å². The van der Waals surface area contributed by atoms with E-state index in [1.807, 2.05) is 45.9 Å². The summed E-state index contributed by atoms with van der Waals surface area (Å²) in [6.07, 6.45) is 0. The van der Waals surface area contributed by atoms with E-state index in [1.165, 1.54) is 7.11 Å². The quantitative estimate of drug-likeness (QED) is 0.614. The predicted molar refractivity (Wildman–Crippen MR) is 82.4 cm³/mol. The van der Waals surface area contributed by atoms with E-state index in [0.29, 0.717) is 12.4 Å². The van der Waals surface area contributed by atoms with Gasteiger partial charge < -0.3 is 18.8 Å². The number of methoxy groups -OCH3 is 1. The van der Waals surface area contributed by atoms with E-state index >= 15 is 0 Å². The highest BCUT2D eigenvalue weighted by Gasteiger charge is 2.53. The molecule has 2 aliphatic heterocycles. The molecule has 0 aliphatic carbocycles. The smallest absolute Gasteiger partial charge is 0.492 e. The first-order chi connectivity index (χ1) is 10.3. The Morgan fingerprint density at radius 2 is 1.86 bits per heavy atom. The van der Waals surface area contributed by atoms with Crippen molar-refractivity contribution in [3.63, 3.8) is 0 Å². The molecule has 1 atom stereocenters. The molecule has 1 aromatic carbocycles. The lowest BCUT2D eigenvalue weighted by molar-refractivity contribution is -0.142. The number of hydrogen-bond acceptors (Lipinski definition) is 5. The second kappa shape index (κ2) is 5.00. The van der Waals surface area contributed by atoms with Gasteiger partial charge in [0.2, 0.25) is 0 Å². The minimum absolute atomic E-state index is 0.287. The van der Waals surface area contributed by atoms with E-state index in [-0.39, 0.29) is 11.9 Å². The Kier molecular flexibility index (Phi) is 3.49. The molecule has 0 bridgehead atoms. The number of para-hydroxylation sites is 1. The van der Waals surface area contributed by atoms with Crippen molar-refractivity contribution in [1.82, 2.24) is 0 Å². The standard InChI is InChI=1S/C16H21BO5/c1-15(2)16(3,4)22-17(21-15)12-8-6-7-10-11(14(18)19-5)9-20-13(10)12/h6-8,11H,9H2,1-5H3. The Morgan fingerprint density at radius 1 is 1.23 bits per heavy atom. The third kappa shape index (κ3) is 2.21. The summed E-state index contributed by atoms with van der Waals surface area (Å²) in [6.45, 7) is 8.32. The second-order valence-electron chi connectivity index (χ2n) is 6.74. The van der Waals surface area contributed by atoms with Gasteiger partial charge in [-0.3, -0.25) is 4.79 Å². The molecule has 118 valence electrons. The van der Waals surface area contributed by atoms with Crippen molar-refractivity contribution < 1.29 is 23.6 Å². The number of ether oxygens (including phenoxy) is 2. The fraction of sp³-hybridized carbons (Fsp3) is 0.562. The van der Waals surface area contributed by atoms with E-state index in [9.17, 15) is 4.79 Å². The topological polar surface area (TPSA) is 54.0 Å². The third-order valence-electron chi connectivity index (χ3n) is 4.84. The van der Waals surface area contributed by atoms with Crippen LogP contribution in [0.4, 0.5) is 0 Å². The monoisotopic (exact) mass is 304 g/mol. The maximum absolute atomic E-state index is 11.9. The SMILES string of the molecule is COC(=O)C1COc2c(B3OC(C)(C)C(C)(C)O3)cccc21. The van der Waals surface area contributed by atoms with Gasteiger partial charge in [0.05, 0.1) is 18.3 Å². The zero-order chi connectivity index (χ0) is 16.1. The first-order valence-electron chi connectivity index (χ1n) is 7.46. The van der Waals surface area contributed by atoms with Crippen LogP contribution in [0, 0.1) is 0 Å². The zero-order valence-corrected chi connectivity index (χ0v) is 13.6. The van der Waals surface area contributed by atoms with Gasteiger partial charge in [-0.25, -0.2) is 0 Å². The van der Waals surface area contributed by atoms with Crippen molar-refractivity contribution in [2.45, 2.75) is 44.8 Å². The normalized spacial score (nSPS) is 24.8. The molecule has 0 saturated carbocycles. The Hall–Kier alpha value is -1.53. The van der Waals surface area contributed by atoms with Gasteiger partial charge in [-0.2, -0.15) is 0 Å². The number of esters is 1. The van der Waals surface area contributed by atoms with Crippen LogP contribution in [0.25, 0.3) is 0 Å². The molecule has 0 N–H and O–H groups in total. The van der Waals surface area contributed by atoms with Crippen LogP contribution >= 0.6 is 0 Å². The minimum atomic E-state index is -0.503. The van der Waals surface area contributed by atoms with Crippen LogP contribution in [-0.4, -0.2) is 38.0 Å². The number of rotatable bonds is 2. The molecule has 3 rings (SSSR count). The summed E-state index contributed by atoms with van der Waals surface area (Å²) >= 11 is 0. The van der Waals surface area contributed by atoms with E-state index in [2.05, 4.69) is 0 Å². The van der Waals surface area contributed by atoms with Gasteiger partial charge in [-0.15, -0.1) is 0 Å². The highest BCUT2D eigenvalue weighted by atomic mass is 16.7. The molecule has 2 heterocycles. The van der Waals surface area contributed by atoms with E-state index in [0.717, 1.165) is 11.0 Å². The van der Waals surface area contributed by atoms with Crippen LogP contribution in [0.5, 0.6) is 5.75 Å². The Morgan fingerprint density at radius 3 is 2.45 bits per heavy atom. The second-order valence-corrected chi connectivity index (χ2v) is 6.74. The van der Waals surface area contributed by atoms with E-state index < -0.39 is 18.3 Å². The molecule has 6 heteroatoms. The van der Waals surface area contributed by atoms with Crippen molar-refractivity contribution in [3.05, 3.63) is 23.8 Å². The lowest BCUT2D eigenvalue weighted by atomic mass is 9.77. The summed E-state index contributed by atoms with van der Waals surface area (Å²) in [6, 6.07) is 5.70. The van der Waals surface area contributed by atoms with Gasteiger partial charge in [0.1, 0.15) is 18.3 Å². The Labute approximate surface area is 131 Å². The molecule has 1 saturated heterocycles. The molecule has 1 fully saturated rings. The molecule has 0 amide bonds. The molecule has 0 aromatic heterocycles. The number of hydrogen-bond donors (Lipinski definition) is 0. The number of carbonyl (C=O) groups excluding carboxylic acids is 1. The predicted octanol–water partition coefficient (Wildman–Crippen LogP) is 1.63. The molecule has 2 aliphatic rings. The summed E-state index contributed by atoms with van der Waals surface area (Å²) in [4.78, 5) is 11.9. The summed E-state index contributed by atoms with van der Waals surface area (Å²) < 4.78 is 22.8. The van der Waals surface area contributed by atoms with Crippen LogP contribution in [-0.2, 0) is 18.8 Å². The highest BCUT2D eigenvalue weighted by molar-refractivity contribution is 6.63. The number of carbonyl (C=O) groups is 1. The molecule has 1 aromatic rings. The first-order valence-corrected chi connectivity index (χ1v) is 7.46. The average Bonchev–Trinajstić information content (AvgIpc) is 2.96. The van der Waals surface area contributed by atoms with Crippen LogP contribution in [0.3, 0.4) is 0 Å². The largest absolute Gasteiger partial charge is 0.498 e. The molecular weight excluding hydrogens is 283 g/mol. The molecular formula is C16H21BO5. The molecule has 0 radical (unpaired) electrons. The fourth-order valence-corrected chi connectivity index (χ4v) is 2.76. The van der Waals surface area contributed by atoms with Gasteiger partial charge >= 0.3 is 13.1 Å². The fourth-order valence-electron chi connectivity index (χ4n) is 2.76. The van der Waals surface area contributed by atoms with Gasteiger partial charge in [0, 0.05) is 11.0 Å². The number of benzene rings is 1. The van der Waals surface area contributed by atoms with Crippen molar-refractivity contribution in [1.29, 1.82) is 0 Å². The van der Waals surface area contributed by atoms with Crippen LogP contribution in [0.2, 0.25) is 0 Å². The van der Waals surface area contributed by atoms with Gasteiger partial charge in [0.15, 0.2) is 0 Å². The first kappa shape index (κ1) is 15.4. The highest BCUT2D eigenvalue weighted by Crippen LogP contribution is 2.39. The summed E-state index contributed by atoms with van der Waals surface area (Å²) in [5.41, 5.74) is 0.822. The van der Waals surface area contributed by atoms with Crippen molar-refractivity contribution in [2.24, 2.45) is 0 Å². The van der Waals surface area contributed by atoms with E-state index in [1.54, 1.807) is 0 Å². The summed E-state index contributed by atoms with van der Waals surface area (Å²) in [5, 5.41) is 0. The van der Waals surface area contributed by atoms with Crippen LogP contribution < -0.4 is 10.2 Å². The van der Waals surface area contributed by atoms with Crippen molar-refractivity contribution in [3.8, 4) is 5.75 Å². The van der Waals surface area contributed by atoms with Gasteiger partial charge in [0.25, 0.3) is 0 Å². The van der Waals surface area contributed by atoms with Crippen molar-refractivity contribution >= 4 is 18.6 Å². The Bertz CT molecular complexity index is 595. The van der Waals surface area contributed by atoms with Crippen molar-refractivity contribution in [2.75, 3.05) is 13.7 Å². The molecule has 0 spiro atoms. The summed E-state index contributed by atoms with van der Waals surface area (Å²) in [7, 11) is 0.884. The minimum Gasteiger partial charge on any atom is -0.492 e. The third-order valence-corrected chi connectivity index (χ3v) is 4.84. The number of fused-ring (bicyclic) bond motifs is 1. The molecule has 5 nitrogen and oxygen atoms in total. The van der Waals surface area contributed by atoms with Crippen LogP contribution in [0.1, 0.15) is 39.2 Å². The van der Waals surface area contributed by atoms with Gasteiger partial charge in [-0.05, 0) is 27.7 Å². The van der Waals surface area contributed by atoms with E-state index in [4.69, 9.17) is 18.8 Å². The maximum Gasteiger partial charge on any atom is 0.498 e. The maximum atomic E-state index is 11.9. The summed E-state index contributed by atoms with van der Waals surface area (Å²) in [5.74, 6) is 0.00333.